The molecule has 1 aliphatic rings. The van der Waals surface area contributed by atoms with E-state index in [1.54, 1.807) is 12.4 Å². The average molecular weight is 356 g/mol. The van der Waals surface area contributed by atoms with Crippen molar-refractivity contribution in [2.45, 2.75) is 26.3 Å². The van der Waals surface area contributed by atoms with Gasteiger partial charge in [-0.15, -0.1) is 0 Å². The Morgan fingerprint density at radius 3 is 2.62 bits per heavy atom. The number of aromatic nitrogens is 3. The fourth-order valence-corrected chi connectivity index (χ4v) is 3.27. The average Bonchev–Trinajstić information content (AvgIpc) is 3.11. The standard InChI is InChI=1S/C19H28N6O/c1-16(2)19-21-6-7-25(19)13-12-23-8-10-24(11-9-23)15-18(26)22-17-4-3-5-20-14-17/h3-7,14,16H,8-13,15H2,1-2H3,(H,22,26). The van der Waals surface area contributed by atoms with Crippen LogP contribution in [0.1, 0.15) is 25.6 Å². The van der Waals surface area contributed by atoms with Crippen LogP contribution < -0.4 is 5.32 Å². The lowest BCUT2D eigenvalue weighted by Crippen LogP contribution is -2.49. The van der Waals surface area contributed by atoms with Crippen molar-refractivity contribution in [3.8, 4) is 0 Å². The van der Waals surface area contributed by atoms with Gasteiger partial charge in [0.05, 0.1) is 18.4 Å². The lowest BCUT2D eigenvalue weighted by Gasteiger charge is -2.34. The minimum Gasteiger partial charge on any atom is -0.333 e. The summed E-state index contributed by atoms with van der Waals surface area (Å²) >= 11 is 0. The largest absolute Gasteiger partial charge is 0.333 e. The van der Waals surface area contributed by atoms with Crippen molar-refractivity contribution < 1.29 is 4.79 Å². The van der Waals surface area contributed by atoms with E-state index in [1.807, 2.05) is 18.3 Å². The van der Waals surface area contributed by atoms with E-state index in [-0.39, 0.29) is 5.91 Å². The molecule has 7 nitrogen and oxygen atoms in total. The first-order valence-electron chi connectivity index (χ1n) is 9.27. The topological polar surface area (TPSA) is 66.3 Å². The third kappa shape index (κ3) is 5.12. The third-order valence-electron chi connectivity index (χ3n) is 4.70. The number of carbonyl (C=O) groups is 1. The minimum absolute atomic E-state index is 0.0199. The molecule has 3 heterocycles. The van der Waals surface area contributed by atoms with Crippen LogP contribution in [0.4, 0.5) is 5.69 Å². The van der Waals surface area contributed by atoms with Gasteiger partial charge in [0, 0.05) is 63.8 Å². The number of hydrogen-bond acceptors (Lipinski definition) is 5. The van der Waals surface area contributed by atoms with Crippen LogP contribution in [0.2, 0.25) is 0 Å². The van der Waals surface area contributed by atoms with Crippen LogP contribution in [-0.2, 0) is 11.3 Å². The predicted molar refractivity (Wildman–Crippen MR) is 102 cm³/mol. The molecule has 26 heavy (non-hydrogen) atoms. The smallest absolute Gasteiger partial charge is 0.238 e. The van der Waals surface area contributed by atoms with Crippen molar-refractivity contribution in [2.75, 3.05) is 44.6 Å². The summed E-state index contributed by atoms with van der Waals surface area (Å²) in [5.74, 6) is 1.61. The highest BCUT2D eigenvalue weighted by Crippen LogP contribution is 2.12. The minimum atomic E-state index is 0.0199. The number of hydrogen-bond donors (Lipinski definition) is 1. The zero-order chi connectivity index (χ0) is 18.4. The van der Waals surface area contributed by atoms with Gasteiger partial charge in [0.2, 0.25) is 5.91 Å². The Kier molecular flexibility index (Phi) is 6.35. The SMILES string of the molecule is CC(C)c1nccn1CCN1CCN(CC(=O)Nc2cccnc2)CC1. The number of carbonyl (C=O) groups excluding carboxylic acids is 1. The number of nitrogens with one attached hydrogen (secondary N) is 1. The monoisotopic (exact) mass is 356 g/mol. The normalized spacial score (nSPS) is 16.1. The van der Waals surface area contributed by atoms with Crippen LogP contribution in [0, 0.1) is 0 Å². The Balaban J connectivity index is 1.39. The molecule has 0 saturated carbocycles. The highest BCUT2D eigenvalue weighted by atomic mass is 16.2. The van der Waals surface area contributed by atoms with Crippen LogP contribution >= 0.6 is 0 Å². The summed E-state index contributed by atoms with van der Waals surface area (Å²) in [6.07, 6.45) is 7.31. The molecule has 0 unspecified atom stereocenters. The Bertz CT molecular complexity index is 691. The van der Waals surface area contributed by atoms with Gasteiger partial charge in [-0.3, -0.25) is 19.6 Å². The van der Waals surface area contributed by atoms with E-state index in [2.05, 4.69) is 49.7 Å². The number of imidazole rings is 1. The summed E-state index contributed by atoms with van der Waals surface area (Å²) in [7, 11) is 0. The molecule has 7 heteroatoms. The molecule has 1 aliphatic heterocycles. The Morgan fingerprint density at radius 2 is 1.92 bits per heavy atom. The fourth-order valence-electron chi connectivity index (χ4n) is 3.27. The summed E-state index contributed by atoms with van der Waals surface area (Å²) < 4.78 is 2.25. The molecule has 0 atom stereocenters. The van der Waals surface area contributed by atoms with Crippen LogP contribution in [0.3, 0.4) is 0 Å². The molecule has 1 fully saturated rings. The number of anilines is 1. The van der Waals surface area contributed by atoms with Gasteiger partial charge in [-0.05, 0) is 12.1 Å². The number of piperazine rings is 1. The number of nitrogens with zero attached hydrogens (tertiary/aromatic N) is 5. The van der Waals surface area contributed by atoms with Gasteiger partial charge in [0.15, 0.2) is 0 Å². The van der Waals surface area contributed by atoms with Gasteiger partial charge < -0.3 is 9.88 Å². The van der Waals surface area contributed by atoms with Gasteiger partial charge >= 0.3 is 0 Å². The first-order chi connectivity index (χ1) is 12.6. The summed E-state index contributed by atoms with van der Waals surface area (Å²) in [6.45, 7) is 10.6. The second kappa shape index (κ2) is 8.91. The lowest BCUT2D eigenvalue weighted by atomic mass is 10.2. The molecule has 3 rings (SSSR count). The third-order valence-corrected chi connectivity index (χ3v) is 4.70. The summed E-state index contributed by atoms with van der Waals surface area (Å²) in [5, 5.41) is 2.89. The number of rotatable bonds is 7. The highest BCUT2D eigenvalue weighted by molar-refractivity contribution is 5.92. The van der Waals surface area contributed by atoms with Gasteiger partial charge in [0.25, 0.3) is 0 Å². The molecule has 2 aromatic heterocycles. The van der Waals surface area contributed by atoms with Gasteiger partial charge in [-0.25, -0.2) is 4.98 Å². The maximum atomic E-state index is 12.1. The molecule has 0 aliphatic carbocycles. The van der Waals surface area contributed by atoms with E-state index in [4.69, 9.17) is 0 Å². The Labute approximate surface area is 155 Å². The molecule has 2 aromatic rings. The van der Waals surface area contributed by atoms with Crippen molar-refractivity contribution in [2.24, 2.45) is 0 Å². The number of pyridine rings is 1. The van der Waals surface area contributed by atoms with Crippen molar-refractivity contribution in [3.05, 3.63) is 42.7 Å². The molecular formula is C19H28N6O. The van der Waals surface area contributed by atoms with Crippen LogP contribution in [0.15, 0.2) is 36.9 Å². The van der Waals surface area contributed by atoms with Crippen LogP contribution in [0.25, 0.3) is 0 Å². The molecular weight excluding hydrogens is 328 g/mol. The fraction of sp³-hybridized carbons (Fsp3) is 0.526. The van der Waals surface area contributed by atoms with E-state index >= 15 is 0 Å². The van der Waals surface area contributed by atoms with Crippen LogP contribution in [0.5, 0.6) is 0 Å². The second-order valence-corrected chi connectivity index (χ2v) is 7.04. The highest BCUT2D eigenvalue weighted by Gasteiger charge is 2.19. The van der Waals surface area contributed by atoms with E-state index in [0.717, 1.165) is 50.8 Å². The molecule has 0 radical (unpaired) electrons. The summed E-state index contributed by atoms with van der Waals surface area (Å²) in [6, 6.07) is 3.67. The molecule has 1 amide bonds. The predicted octanol–water partition coefficient (Wildman–Crippen LogP) is 1.66. The molecule has 140 valence electrons. The number of amides is 1. The first-order valence-corrected chi connectivity index (χ1v) is 9.27. The maximum Gasteiger partial charge on any atom is 0.238 e. The van der Waals surface area contributed by atoms with E-state index in [1.165, 1.54) is 0 Å². The molecule has 0 bridgehead atoms. The summed E-state index contributed by atoms with van der Waals surface area (Å²) in [4.78, 5) is 25.3. The quantitative estimate of drug-likeness (QED) is 0.817. The zero-order valence-corrected chi connectivity index (χ0v) is 15.6. The van der Waals surface area contributed by atoms with Gasteiger partial charge in [0.1, 0.15) is 5.82 Å². The summed E-state index contributed by atoms with van der Waals surface area (Å²) in [5.41, 5.74) is 0.748. The van der Waals surface area contributed by atoms with Crippen LogP contribution in [-0.4, -0.2) is 69.5 Å². The second-order valence-electron chi connectivity index (χ2n) is 7.04. The van der Waals surface area contributed by atoms with Crippen molar-refractivity contribution in [1.82, 2.24) is 24.3 Å². The van der Waals surface area contributed by atoms with E-state index in [0.29, 0.717) is 12.5 Å². The lowest BCUT2D eigenvalue weighted by molar-refractivity contribution is -0.117. The van der Waals surface area contributed by atoms with Crippen molar-refractivity contribution in [3.63, 3.8) is 0 Å². The Morgan fingerprint density at radius 1 is 1.15 bits per heavy atom. The van der Waals surface area contributed by atoms with E-state index in [9.17, 15) is 4.79 Å². The maximum absolute atomic E-state index is 12.1. The van der Waals surface area contributed by atoms with Crippen molar-refractivity contribution in [1.29, 1.82) is 0 Å². The Hall–Kier alpha value is -2.25. The molecule has 0 aromatic carbocycles. The van der Waals surface area contributed by atoms with Gasteiger partial charge in [-0.2, -0.15) is 0 Å². The molecule has 1 saturated heterocycles. The first kappa shape index (κ1) is 18.5. The molecule has 0 spiro atoms. The molecule has 1 N–H and O–H groups in total. The van der Waals surface area contributed by atoms with E-state index < -0.39 is 0 Å². The van der Waals surface area contributed by atoms with Gasteiger partial charge in [-0.1, -0.05) is 13.8 Å². The van der Waals surface area contributed by atoms with Crippen molar-refractivity contribution >= 4 is 11.6 Å². The zero-order valence-electron chi connectivity index (χ0n) is 15.6.